The second kappa shape index (κ2) is 6.10. The molecule has 24 heavy (non-hydrogen) atoms. The number of aromatic nitrogens is 1. The maximum atomic E-state index is 8.83. The number of nitrogen functional groups attached to an aromatic ring is 1. The number of benzene rings is 2. The number of hydrazone groups is 1. The summed E-state index contributed by atoms with van der Waals surface area (Å²) >= 11 is 0. The van der Waals surface area contributed by atoms with E-state index in [0.29, 0.717) is 28.4 Å². The Morgan fingerprint density at radius 3 is 2.88 bits per heavy atom. The van der Waals surface area contributed by atoms with Gasteiger partial charge < -0.3 is 15.9 Å². The first kappa shape index (κ1) is 15.1. The molecular weight excluding hydrogens is 306 g/mol. The van der Waals surface area contributed by atoms with E-state index in [9.17, 15) is 0 Å². The van der Waals surface area contributed by atoms with Crippen LogP contribution in [-0.2, 0) is 0 Å². The van der Waals surface area contributed by atoms with Gasteiger partial charge in [-0.2, -0.15) is 10.4 Å². The highest BCUT2D eigenvalue weighted by Gasteiger charge is 2.09. The summed E-state index contributed by atoms with van der Waals surface area (Å²) in [5.74, 6) is 0.0352. The molecule has 0 saturated carbocycles. The summed E-state index contributed by atoms with van der Waals surface area (Å²) in [6.45, 7) is 0. The molecule has 2 aromatic carbocycles. The third-order valence-corrected chi connectivity index (χ3v) is 3.18. The SMILES string of the molecule is N#C/C(=N\Nc1cccc(-c2nc3cc(N)ccc3o2)c1)C(=N)N. The van der Waals surface area contributed by atoms with Gasteiger partial charge >= 0.3 is 0 Å². The van der Waals surface area contributed by atoms with Gasteiger partial charge in [0.05, 0.1) is 5.69 Å². The van der Waals surface area contributed by atoms with Crippen LogP contribution in [0.2, 0.25) is 0 Å². The highest BCUT2D eigenvalue weighted by Crippen LogP contribution is 2.27. The molecule has 0 aliphatic heterocycles. The summed E-state index contributed by atoms with van der Waals surface area (Å²) in [5, 5.41) is 19.8. The van der Waals surface area contributed by atoms with Crippen LogP contribution in [-0.4, -0.2) is 16.5 Å². The highest BCUT2D eigenvalue weighted by atomic mass is 16.3. The lowest BCUT2D eigenvalue weighted by Crippen LogP contribution is -2.21. The van der Waals surface area contributed by atoms with Gasteiger partial charge in [0.1, 0.15) is 11.6 Å². The molecule has 3 rings (SSSR count). The number of nitrogens with two attached hydrogens (primary N) is 2. The van der Waals surface area contributed by atoms with Crippen molar-refractivity contribution in [2.75, 3.05) is 11.2 Å². The van der Waals surface area contributed by atoms with Crippen LogP contribution < -0.4 is 16.9 Å². The van der Waals surface area contributed by atoms with E-state index in [1.165, 1.54) is 0 Å². The summed E-state index contributed by atoms with van der Waals surface area (Å²) in [6, 6.07) is 14.1. The van der Waals surface area contributed by atoms with E-state index in [0.717, 1.165) is 5.56 Å². The number of hydrogen-bond donors (Lipinski definition) is 4. The summed E-state index contributed by atoms with van der Waals surface area (Å²) in [6.07, 6.45) is 0. The van der Waals surface area contributed by atoms with Crippen molar-refractivity contribution >= 4 is 34.0 Å². The molecule has 8 heteroatoms. The van der Waals surface area contributed by atoms with Crippen molar-refractivity contribution in [3.8, 4) is 17.5 Å². The smallest absolute Gasteiger partial charge is 0.227 e. The molecule has 0 aliphatic rings. The molecule has 0 aliphatic carbocycles. The molecule has 1 aromatic heterocycles. The molecule has 0 unspecified atom stereocenters. The van der Waals surface area contributed by atoms with Crippen molar-refractivity contribution in [3.05, 3.63) is 42.5 Å². The predicted octanol–water partition coefficient (Wildman–Crippen LogP) is 2.30. The van der Waals surface area contributed by atoms with Gasteiger partial charge in [-0.25, -0.2) is 4.98 Å². The average Bonchev–Trinajstić information content (AvgIpc) is 2.98. The molecule has 118 valence electrons. The van der Waals surface area contributed by atoms with Gasteiger partial charge in [-0.05, 0) is 36.4 Å². The van der Waals surface area contributed by atoms with E-state index in [2.05, 4.69) is 15.5 Å². The molecule has 0 amide bonds. The van der Waals surface area contributed by atoms with Crippen LogP contribution in [0.4, 0.5) is 11.4 Å². The molecule has 0 bridgehead atoms. The zero-order chi connectivity index (χ0) is 17.1. The van der Waals surface area contributed by atoms with Crippen molar-refractivity contribution in [2.45, 2.75) is 0 Å². The van der Waals surface area contributed by atoms with E-state index in [1.807, 2.05) is 6.07 Å². The number of nitrogens with one attached hydrogen (secondary N) is 2. The number of nitriles is 1. The molecule has 0 saturated heterocycles. The van der Waals surface area contributed by atoms with Crippen LogP contribution in [0.5, 0.6) is 0 Å². The molecule has 1 heterocycles. The zero-order valence-electron chi connectivity index (χ0n) is 12.4. The quantitative estimate of drug-likeness (QED) is 0.251. The Kier molecular flexibility index (Phi) is 3.82. The Hall–Kier alpha value is -3.86. The molecule has 8 nitrogen and oxygen atoms in total. The third-order valence-electron chi connectivity index (χ3n) is 3.18. The van der Waals surface area contributed by atoms with Gasteiger partial charge in [-0.1, -0.05) is 6.07 Å². The number of amidine groups is 1. The van der Waals surface area contributed by atoms with Crippen LogP contribution >= 0.6 is 0 Å². The number of oxazole rings is 1. The maximum absolute atomic E-state index is 8.83. The topological polar surface area (TPSA) is 150 Å². The summed E-state index contributed by atoms with van der Waals surface area (Å²) in [5.41, 5.74) is 16.7. The second-order valence-electron chi connectivity index (χ2n) is 4.92. The van der Waals surface area contributed by atoms with Crippen LogP contribution in [0, 0.1) is 16.7 Å². The Bertz CT molecular complexity index is 997. The number of hydrogen-bond acceptors (Lipinski definition) is 7. The average molecular weight is 319 g/mol. The van der Waals surface area contributed by atoms with Crippen molar-refractivity contribution in [1.82, 2.24) is 4.98 Å². The van der Waals surface area contributed by atoms with Gasteiger partial charge in [-0.15, -0.1) is 0 Å². The summed E-state index contributed by atoms with van der Waals surface area (Å²) in [7, 11) is 0. The standard InChI is InChI=1S/C16H13N7O/c17-8-13(15(19)20)23-22-11-3-1-2-9(6-11)16-21-12-7-10(18)4-5-14(12)24-16/h1-7,22H,18H2,(H3,19,20)/b23-13+. The highest BCUT2D eigenvalue weighted by molar-refractivity contribution is 6.45. The van der Waals surface area contributed by atoms with Gasteiger partial charge in [0.15, 0.2) is 11.4 Å². The van der Waals surface area contributed by atoms with Gasteiger partial charge in [0.25, 0.3) is 0 Å². The minimum atomic E-state index is -0.405. The number of fused-ring (bicyclic) bond motifs is 1. The van der Waals surface area contributed by atoms with E-state index in [-0.39, 0.29) is 5.71 Å². The van der Waals surface area contributed by atoms with Crippen LogP contribution in [0.25, 0.3) is 22.6 Å². The molecular formula is C16H13N7O. The van der Waals surface area contributed by atoms with Crippen molar-refractivity contribution in [2.24, 2.45) is 10.8 Å². The van der Waals surface area contributed by atoms with Crippen LogP contribution in [0.15, 0.2) is 52.0 Å². The van der Waals surface area contributed by atoms with E-state index >= 15 is 0 Å². The molecule has 3 aromatic rings. The fraction of sp³-hybridized carbons (Fsp3) is 0. The van der Waals surface area contributed by atoms with Crippen molar-refractivity contribution in [1.29, 1.82) is 10.7 Å². The number of rotatable bonds is 4. The first-order chi connectivity index (χ1) is 11.6. The predicted molar refractivity (Wildman–Crippen MR) is 92.4 cm³/mol. The van der Waals surface area contributed by atoms with Gasteiger partial charge in [0, 0.05) is 11.3 Å². The molecule has 6 N–H and O–H groups in total. The molecule has 0 radical (unpaired) electrons. The van der Waals surface area contributed by atoms with Crippen LogP contribution in [0.3, 0.4) is 0 Å². The largest absolute Gasteiger partial charge is 0.436 e. The van der Waals surface area contributed by atoms with E-state index in [4.69, 9.17) is 26.6 Å². The Morgan fingerprint density at radius 2 is 2.12 bits per heavy atom. The molecule has 0 spiro atoms. The Morgan fingerprint density at radius 1 is 1.29 bits per heavy atom. The first-order valence-corrected chi connectivity index (χ1v) is 6.91. The Labute approximate surface area is 136 Å². The Balaban J connectivity index is 1.92. The number of anilines is 2. The summed E-state index contributed by atoms with van der Waals surface area (Å²) < 4.78 is 5.71. The lowest BCUT2D eigenvalue weighted by atomic mass is 10.2. The maximum Gasteiger partial charge on any atom is 0.227 e. The van der Waals surface area contributed by atoms with Crippen LogP contribution in [0.1, 0.15) is 0 Å². The molecule has 0 atom stereocenters. The second-order valence-corrected chi connectivity index (χ2v) is 4.92. The molecule has 0 fully saturated rings. The number of nitrogens with zero attached hydrogens (tertiary/aromatic N) is 3. The zero-order valence-corrected chi connectivity index (χ0v) is 12.4. The van der Waals surface area contributed by atoms with E-state index in [1.54, 1.807) is 42.5 Å². The van der Waals surface area contributed by atoms with E-state index < -0.39 is 5.84 Å². The third kappa shape index (κ3) is 3.00. The van der Waals surface area contributed by atoms with Gasteiger partial charge in [0.2, 0.25) is 11.6 Å². The lowest BCUT2D eigenvalue weighted by molar-refractivity contribution is 0.620. The minimum absolute atomic E-state index is 0.197. The summed E-state index contributed by atoms with van der Waals surface area (Å²) in [4.78, 5) is 4.41. The van der Waals surface area contributed by atoms with Crippen molar-refractivity contribution in [3.63, 3.8) is 0 Å². The monoisotopic (exact) mass is 319 g/mol. The van der Waals surface area contributed by atoms with Crippen molar-refractivity contribution < 1.29 is 4.42 Å². The fourth-order valence-electron chi connectivity index (χ4n) is 2.06. The lowest BCUT2D eigenvalue weighted by Gasteiger charge is -2.02. The minimum Gasteiger partial charge on any atom is -0.436 e. The fourth-order valence-corrected chi connectivity index (χ4v) is 2.06. The normalized spacial score (nSPS) is 11.2. The van der Waals surface area contributed by atoms with Gasteiger partial charge in [-0.3, -0.25) is 10.8 Å². The first-order valence-electron chi connectivity index (χ1n) is 6.91.